The molecule has 2 aromatic rings. The Labute approximate surface area is 160 Å². The quantitative estimate of drug-likeness (QED) is 0.584. The number of nitro benzene ring substituents is 1. The largest absolute Gasteiger partial charge is 0.416 e. The molecule has 0 aliphatic carbocycles. The molecule has 0 bridgehead atoms. The van der Waals surface area contributed by atoms with Gasteiger partial charge in [0.2, 0.25) is 11.8 Å². The molecule has 0 saturated carbocycles. The molecule has 1 heterocycles. The molecule has 0 aromatic heterocycles. The van der Waals surface area contributed by atoms with Gasteiger partial charge in [0.05, 0.1) is 21.4 Å². The second kappa shape index (κ2) is 7.50. The van der Waals surface area contributed by atoms with E-state index in [2.05, 4.69) is 10.6 Å². The van der Waals surface area contributed by atoms with Crippen molar-refractivity contribution >= 4 is 40.6 Å². The Hall–Kier alpha value is -3.08. The maximum Gasteiger partial charge on any atom is 0.416 e. The Kier molecular flexibility index (Phi) is 5.27. The zero-order chi connectivity index (χ0) is 20.5. The Bertz CT molecular complexity index is 948. The number of carbonyl (C=O) groups is 2. The summed E-state index contributed by atoms with van der Waals surface area (Å²) < 4.78 is 38.3. The molecule has 0 radical (unpaired) electrons. The third-order valence-corrected chi connectivity index (χ3v) is 5.13. The van der Waals surface area contributed by atoms with Crippen LogP contribution >= 0.6 is 11.8 Å². The zero-order valence-corrected chi connectivity index (χ0v) is 14.8. The summed E-state index contributed by atoms with van der Waals surface area (Å²) in [7, 11) is 0. The maximum absolute atomic E-state index is 12.8. The van der Waals surface area contributed by atoms with E-state index in [-0.39, 0.29) is 17.8 Å². The van der Waals surface area contributed by atoms with Crippen LogP contribution in [0.4, 0.5) is 30.2 Å². The third kappa shape index (κ3) is 4.42. The van der Waals surface area contributed by atoms with Crippen LogP contribution in [-0.4, -0.2) is 22.0 Å². The number of alkyl halides is 3. The van der Waals surface area contributed by atoms with Crippen molar-refractivity contribution in [3.63, 3.8) is 0 Å². The van der Waals surface area contributed by atoms with Gasteiger partial charge in [-0.25, -0.2) is 0 Å². The summed E-state index contributed by atoms with van der Waals surface area (Å²) in [6.07, 6.45) is -4.74. The lowest BCUT2D eigenvalue weighted by molar-refractivity contribution is -0.384. The lowest BCUT2D eigenvalue weighted by Crippen LogP contribution is -2.32. The highest BCUT2D eigenvalue weighted by Crippen LogP contribution is 2.40. The molecule has 0 fully saturated rings. The Morgan fingerprint density at radius 2 is 1.89 bits per heavy atom. The molecular formula is C17H12F3N3O4S. The standard InChI is InChI=1S/C17H12F3N3O4S/c18-17(19,20)9-1-6-13-12(7-9)22-16(25)14(28-13)8-15(24)21-10-2-4-11(5-3-10)23(26)27/h1-7,14H,8H2,(H,21,24)(H,22,25)/t14-/m0/s1. The van der Waals surface area contributed by atoms with E-state index < -0.39 is 33.7 Å². The molecule has 28 heavy (non-hydrogen) atoms. The van der Waals surface area contributed by atoms with Crippen LogP contribution in [0.5, 0.6) is 0 Å². The van der Waals surface area contributed by atoms with Crippen molar-refractivity contribution in [1.82, 2.24) is 0 Å². The van der Waals surface area contributed by atoms with Crippen LogP contribution in [0.1, 0.15) is 12.0 Å². The summed E-state index contributed by atoms with van der Waals surface area (Å²) in [5.74, 6) is -1.08. The maximum atomic E-state index is 12.8. The first-order chi connectivity index (χ1) is 13.1. The van der Waals surface area contributed by atoms with Gasteiger partial charge >= 0.3 is 6.18 Å². The second-order valence-electron chi connectivity index (χ2n) is 5.86. The lowest BCUT2D eigenvalue weighted by atomic mass is 10.1. The van der Waals surface area contributed by atoms with Gasteiger partial charge in [-0.1, -0.05) is 0 Å². The molecule has 0 unspecified atom stereocenters. The van der Waals surface area contributed by atoms with Gasteiger partial charge in [0.25, 0.3) is 5.69 Å². The highest BCUT2D eigenvalue weighted by molar-refractivity contribution is 8.01. The number of rotatable bonds is 4. The number of fused-ring (bicyclic) bond motifs is 1. The molecule has 3 rings (SSSR count). The molecule has 1 aliphatic heterocycles. The van der Waals surface area contributed by atoms with Crippen molar-refractivity contribution in [1.29, 1.82) is 0 Å². The topological polar surface area (TPSA) is 101 Å². The first-order valence-electron chi connectivity index (χ1n) is 7.86. The number of benzene rings is 2. The van der Waals surface area contributed by atoms with Gasteiger partial charge in [-0.3, -0.25) is 19.7 Å². The average molecular weight is 411 g/mol. The monoisotopic (exact) mass is 411 g/mol. The Morgan fingerprint density at radius 3 is 2.50 bits per heavy atom. The zero-order valence-electron chi connectivity index (χ0n) is 13.9. The van der Waals surface area contributed by atoms with E-state index in [0.29, 0.717) is 10.6 Å². The van der Waals surface area contributed by atoms with Crippen LogP contribution in [0, 0.1) is 10.1 Å². The van der Waals surface area contributed by atoms with Crippen LogP contribution < -0.4 is 10.6 Å². The minimum absolute atomic E-state index is 0.0526. The number of nitrogens with one attached hydrogen (secondary N) is 2. The lowest BCUT2D eigenvalue weighted by Gasteiger charge is -2.24. The number of hydrogen-bond acceptors (Lipinski definition) is 5. The summed E-state index contributed by atoms with van der Waals surface area (Å²) in [6.45, 7) is 0. The molecule has 1 atom stereocenters. The first kappa shape index (κ1) is 19.7. The smallest absolute Gasteiger partial charge is 0.326 e. The number of halogens is 3. The molecule has 11 heteroatoms. The molecule has 2 N–H and O–H groups in total. The summed E-state index contributed by atoms with van der Waals surface area (Å²) in [6, 6.07) is 8.20. The van der Waals surface area contributed by atoms with E-state index in [1.54, 1.807) is 0 Å². The Morgan fingerprint density at radius 1 is 1.21 bits per heavy atom. The minimum atomic E-state index is -4.52. The number of carbonyl (C=O) groups excluding carboxylic acids is 2. The highest BCUT2D eigenvalue weighted by atomic mass is 32.2. The van der Waals surface area contributed by atoms with Gasteiger partial charge in [-0.2, -0.15) is 13.2 Å². The van der Waals surface area contributed by atoms with E-state index in [9.17, 15) is 32.9 Å². The summed E-state index contributed by atoms with van der Waals surface area (Å²) in [5, 5.41) is 14.7. The number of amides is 2. The van der Waals surface area contributed by atoms with Crippen molar-refractivity contribution in [2.45, 2.75) is 22.7 Å². The van der Waals surface area contributed by atoms with Crippen LogP contribution in [-0.2, 0) is 15.8 Å². The molecule has 2 amide bonds. The SMILES string of the molecule is O=C(C[C@@H]1Sc2ccc(C(F)(F)F)cc2NC1=O)Nc1ccc([N+](=O)[O-])cc1. The number of hydrogen-bond donors (Lipinski definition) is 2. The number of nitro groups is 1. The molecule has 2 aromatic carbocycles. The summed E-state index contributed by atoms with van der Waals surface area (Å²) in [4.78, 5) is 34.8. The number of thioether (sulfide) groups is 1. The third-order valence-electron chi connectivity index (χ3n) is 3.86. The predicted molar refractivity (Wildman–Crippen MR) is 96.1 cm³/mol. The van der Waals surface area contributed by atoms with Gasteiger partial charge in [-0.15, -0.1) is 11.8 Å². The van der Waals surface area contributed by atoms with Crippen molar-refractivity contribution < 1.29 is 27.7 Å². The average Bonchev–Trinajstić information content (AvgIpc) is 2.61. The summed E-state index contributed by atoms with van der Waals surface area (Å²) in [5.41, 5.74) is -0.625. The van der Waals surface area contributed by atoms with Crippen molar-refractivity contribution in [3.8, 4) is 0 Å². The highest BCUT2D eigenvalue weighted by Gasteiger charge is 2.34. The molecule has 1 aliphatic rings. The normalized spacial score (nSPS) is 16.1. The Balaban J connectivity index is 1.66. The molecule has 7 nitrogen and oxygen atoms in total. The van der Waals surface area contributed by atoms with Gasteiger partial charge < -0.3 is 10.6 Å². The fourth-order valence-corrected chi connectivity index (χ4v) is 3.60. The van der Waals surface area contributed by atoms with Crippen LogP contribution in [0.3, 0.4) is 0 Å². The fourth-order valence-electron chi connectivity index (χ4n) is 2.51. The molecule has 0 spiro atoms. The molecule has 0 saturated heterocycles. The van der Waals surface area contributed by atoms with Gasteiger partial charge in [0, 0.05) is 29.1 Å². The van der Waals surface area contributed by atoms with E-state index in [0.717, 1.165) is 23.9 Å². The van der Waals surface area contributed by atoms with Crippen LogP contribution in [0.2, 0.25) is 0 Å². The van der Waals surface area contributed by atoms with E-state index in [4.69, 9.17) is 0 Å². The molecule has 146 valence electrons. The van der Waals surface area contributed by atoms with E-state index >= 15 is 0 Å². The summed E-state index contributed by atoms with van der Waals surface area (Å²) >= 11 is 1.00. The number of non-ortho nitro benzene ring substituents is 1. The van der Waals surface area contributed by atoms with Crippen molar-refractivity contribution in [2.75, 3.05) is 10.6 Å². The number of nitrogens with zero attached hydrogens (tertiary/aromatic N) is 1. The van der Waals surface area contributed by atoms with Gasteiger partial charge in [0.15, 0.2) is 0 Å². The predicted octanol–water partition coefficient (Wildman–Crippen LogP) is 4.06. The van der Waals surface area contributed by atoms with Crippen LogP contribution in [0.15, 0.2) is 47.4 Å². The van der Waals surface area contributed by atoms with E-state index in [1.807, 2.05) is 0 Å². The van der Waals surface area contributed by atoms with Crippen molar-refractivity contribution in [2.24, 2.45) is 0 Å². The number of anilines is 2. The first-order valence-corrected chi connectivity index (χ1v) is 8.74. The fraction of sp³-hybridized carbons (Fsp3) is 0.176. The van der Waals surface area contributed by atoms with Crippen LogP contribution in [0.25, 0.3) is 0 Å². The van der Waals surface area contributed by atoms with Gasteiger partial charge in [0.1, 0.15) is 0 Å². The minimum Gasteiger partial charge on any atom is -0.326 e. The van der Waals surface area contributed by atoms with E-state index in [1.165, 1.54) is 30.3 Å². The molecular weight excluding hydrogens is 399 g/mol. The van der Waals surface area contributed by atoms with Gasteiger partial charge in [-0.05, 0) is 30.3 Å². The van der Waals surface area contributed by atoms with Crippen molar-refractivity contribution in [3.05, 3.63) is 58.1 Å². The second-order valence-corrected chi connectivity index (χ2v) is 7.11.